The lowest BCUT2D eigenvalue weighted by atomic mass is 10.2. The number of aliphatic imine (C=N–C) groups is 1. The number of rotatable bonds is 7. The number of piperazine rings is 1. The molecule has 0 aromatic heterocycles. The Morgan fingerprint density at radius 3 is 2.64 bits per heavy atom. The Kier molecular flexibility index (Phi) is 7.85. The summed E-state index contributed by atoms with van der Waals surface area (Å²) in [5, 5.41) is 3.44. The van der Waals surface area contributed by atoms with Gasteiger partial charge >= 0.3 is 0 Å². The van der Waals surface area contributed by atoms with Crippen molar-refractivity contribution in [1.82, 2.24) is 10.2 Å². The first-order chi connectivity index (χ1) is 12.1. The van der Waals surface area contributed by atoms with E-state index in [9.17, 15) is 0 Å². The van der Waals surface area contributed by atoms with Gasteiger partial charge in [-0.1, -0.05) is 6.07 Å². The number of anilines is 1. The van der Waals surface area contributed by atoms with E-state index in [1.165, 1.54) is 5.69 Å². The Balaban J connectivity index is 1.77. The summed E-state index contributed by atoms with van der Waals surface area (Å²) in [6, 6.07) is 8.26. The molecule has 0 radical (unpaired) electrons. The van der Waals surface area contributed by atoms with Crippen LogP contribution in [0.4, 0.5) is 5.69 Å². The number of guanidine groups is 1. The van der Waals surface area contributed by atoms with Crippen LogP contribution in [0, 0.1) is 0 Å². The lowest BCUT2D eigenvalue weighted by molar-refractivity contribution is 0.0775. The third kappa shape index (κ3) is 6.12. The molecule has 1 fully saturated rings. The zero-order valence-corrected chi connectivity index (χ0v) is 16.0. The summed E-state index contributed by atoms with van der Waals surface area (Å²) in [4.78, 5) is 9.13. The molecule has 2 rings (SSSR count). The normalized spacial score (nSPS) is 15.6. The number of nitrogens with zero attached hydrogens (tertiary/aromatic N) is 3. The third-order valence-electron chi connectivity index (χ3n) is 4.26. The summed E-state index contributed by atoms with van der Waals surface area (Å²) in [5.74, 6) is 1.89. The van der Waals surface area contributed by atoms with Gasteiger partial charge in [0, 0.05) is 58.1 Å². The molecule has 1 aliphatic rings. The van der Waals surface area contributed by atoms with Crippen LogP contribution < -0.4 is 15.0 Å². The zero-order chi connectivity index (χ0) is 18.1. The van der Waals surface area contributed by atoms with Gasteiger partial charge in [-0.3, -0.25) is 4.99 Å². The minimum atomic E-state index is 0.295. The molecule has 6 nitrogen and oxygen atoms in total. The second kappa shape index (κ2) is 10.1. The standard InChI is InChI=1S/C19H32N4O2/c1-16(2)25-14-6-9-21-19(20-3)23-12-10-22(11-13-23)17-7-5-8-18(15-17)24-4/h5,7-8,15-16H,6,9-14H2,1-4H3,(H,20,21). The number of hydrogen-bond acceptors (Lipinski definition) is 4. The zero-order valence-electron chi connectivity index (χ0n) is 16.0. The van der Waals surface area contributed by atoms with E-state index < -0.39 is 0 Å². The van der Waals surface area contributed by atoms with Crippen LogP contribution in [0.15, 0.2) is 29.3 Å². The summed E-state index contributed by atoms with van der Waals surface area (Å²) in [5.41, 5.74) is 1.22. The van der Waals surface area contributed by atoms with Crippen molar-refractivity contribution >= 4 is 11.6 Å². The molecule has 0 amide bonds. The monoisotopic (exact) mass is 348 g/mol. The van der Waals surface area contributed by atoms with E-state index >= 15 is 0 Å². The highest BCUT2D eigenvalue weighted by molar-refractivity contribution is 5.80. The highest BCUT2D eigenvalue weighted by Gasteiger charge is 2.19. The van der Waals surface area contributed by atoms with E-state index in [2.05, 4.69) is 46.1 Å². The van der Waals surface area contributed by atoms with Crippen LogP contribution in [0.3, 0.4) is 0 Å². The van der Waals surface area contributed by atoms with Crippen molar-refractivity contribution in [2.24, 2.45) is 4.99 Å². The summed E-state index contributed by atoms with van der Waals surface area (Å²) < 4.78 is 10.9. The van der Waals surface area contributed by atoms with Gasteiger partial charge in [0.25, 0.3) is 0 Å². The Labute approximate surface area is 151 Å². The van der Waals surface area contributed by atoms with E-state index in [0.29, 0.717) is 6.10 Å². The van der Waals surface area contributed by atoms with Crippen molar-refractivity contribution < 1.29 is 9.47 Å². The van der Waals surface area contributed by atoms with Crippen LogP contribution in [0.5, 0.6) is 5.75 Å². The van der Waals surface area contributed by atoms with Gasteiger partial charge in [0.2, 0.25) is 0 Å². The maximum absolute atomic E-state index is 5.57. The molecule has 1 aromatic carbocycles. The molecule has 1 N–H and O–H groups in total. The number of benzene rings is 1. The van der Waals surface area contributed by atoms with Gasteiger partial charge in [0.15, 0.2) is 5.96 Å². The molecule has 1 aromatic rings. The molecule has 25 heavy (non-hydrogen) atoms. The van der Waals surface area contributed by atoms with Crippen LogP contribution in [0.2, 0.25) is 0 Å². The number of methoxy groups -OCH3 is 1. The number of hydrogen-bond donors (Lipinski definition) is 1. The third-order valence-corrected chi connectivity index (χ3v) is 4.26. The van der Waals surface area contributed by atoms with Gasteiger partial charge in [-0.2, -0.15) is 0 Å². The average molecular weight is 348 g/mol. The predicted molar refractivity (Wildman–Crippen MR) is 104 cm³/mol. The van der Waals surface area contributed by atoms with Crippen molar-refractivity contribution in [3.8, 4) is 5.75 Å². The number of ether oxygens (including phenoxy) is 2. The molecule has 0 saturated carbocycles. The van der Waals surface area contributed by atoms with Crippen LogP contribution in [0.25, 0.3) is 0 Å². The molecule has 0 atom stereocenters. The predicted octanol–water partition coefficient (Wildman–Crippen LogP) is 2.21. The first-order valence-electron chi connectivity index (χ1n) is 9.10. The van der Waals surface area contributed by atoms with Crippen LogP contribution in [-0.2, 0) is 4.74 Å². The van der Waals surface area contributed by atoms with E-state index in [-0.39, 0.29) is 0 Å². The van der Waals surface area contributed by atoms with Gasteiger partial charge in [0.1, 0.15) is 5.75 Å². The Bertz CT molecular complexity index is 540. The Morgan fingerprint density at radius 1 is 1.24 bits per heavy atom. The molecule has 0 unspecified atom stereocenters. The molecular weight excluding hydrogens is 316 g/mol. The van der Waals surface area contributed by atoms with Gasteiger partial charge in [-0.15, -0.1) is 0 Å². The number of nitrogens with one attached hydrogen (secondary N) is 1. The van der Waals surface area contributed by atoms with Crippen molar-refractivity contribution in [2.45, 2.75) is 26.4 Å². The molecular formula is C19H32N4O2. The van der Waals surface area contributed by atoms with Crippen molar-refractivity contribution in [3.05, 3.63) is 24.3 Å². The fourth-order valence-corrected chi connectivity index (χ4v) is 2.91. The molecule has 1 heterocycles. The first kappa shape index (κ1) is 19.4. The largest absolute Gasteiger partial charge is 0.497 e. The molecule has 140 valence electrons. The summed E-state index contributed by atoms with van der Waals surface area (Å²) in [7, 11) is 3.56. The molecule has 1 aliphatic heterocycles. The average Bonchev–Trinajstić information content (AvgIpc) is 2.65. The van der Waals surface area contributed by atoms with E-state index in [1.54, 1.807) is 7.11 Å². The smallest absolute Gasteiger partial charge is 0.193 e. The second-order valence-electron chi connectivity index (χ2n) is 6.42. The van der Waals surface area contributed by atoms with Crippen LogP contribution >= 0.6 is 0 Å². The molecule has 0 aliphatic carbocycles. The molecule has 6 heteroatoms. The minimum Gasteiger partial charge on any atom is -0.497 e. The molecule has 0 spiro atoms. The van der Waals surface area contributed by atoms with Crippen LogP contribution in [0.1, 0.15) is 20.3 Å². The summed E-state index contributed by atoms with van der Waals surface area (Å²) >= 11 is 0. The Morgan fingerprint density at radius 2 is 2.00 bits per heavy atom. The quantitative estimate of drug-likeness (QED) is 0.465. The van der Waals surface area contributed by atoms with Gasteiger partial charge in [-0.05, 0) is 32.4 Å². The SMILES string of the molecule is CN=C(NCCCOC(C)C)N1CCN(c2cccc(OC)c2)CC1. The van der Waals surface area contributed by atoms with Gasteiger partial charge in [-0.25, -0.2) is 0 Å². The second-order valence-corrected chi connectivity index (χ2v) is 6.42. The topological polar surface area (TPSA) is 49.3 Å². The highest BCUT2D eigenvalue weighted by atomic mass is 16.5. The minimum absolute atomic E-state index is 0.295. The van der Waals surface area contributed by atoms with Gasteiger partial charge in [0.05, 0.1) is 13.2 Å². The lowest BCUT2D eigenvalue weighted by Gasteiger charge is -2.37. The molecule has 0 bridgehead atoms. The van der Waals surface area contributed by atoms with Crippen molar-refractivity contribution in [2.75, 3.05) is 58.4 Å². The van der Waals surface area contributed by atoms with Gasteiger partial charge < -0.3 is 24.6 Å². The fourth-order valence-electron chi connectivity index (χ4n) is 2.91. The maximum Gasteiger partial charge on any atom is 0.193 e. The fraction of sp³-hybridized carbons (Fsp3) is 0.632. The Hall–Kier alpha value is -1.95. The highest BCUT2D eigenvalue weighted by Crippen LogP contribution is 2.22. The summed E-state index contributed by atoms with van der Waals surface area (Å²) in [6.07, 6.45) is 1.28. The molecule has 1 saturated heterocycles. The maximum atomic E-state index is 5.57. The van der Waals surface area contributed by atoms with Crippen LogP contribution in [-0.4, -0.2) is 70.5 Å². The van der Waals surface area contributed by atoms with E-state index in [4.69, 9.17) is 9.47 Å². The van der Waals surface area contributed by atoms with E-state index in [1.807, 2.05) is 19.2 Å². The van der Waals surface area contributed by atoms with Crippen molar-refractivity contribution in [3.63, 3.8) is 0 Å². The van der Waals surface area contributed by atoms with E-state index in [0.717, 1.165) is 57.5 Å². The van der Waals surface area contributed by atoms with Crippen molar-refractivity contribution in [1.29, 1.82) is 0 Å². The summed E-state index contributed by atoms with van der Waals surface area (Å²) in [6.45, 7) is 9.66. The lowest BCUT2D eigenvalue weighted by Crippen LogP contribution is -2.52. The first-order valence-corrected chi connectivity index (χ1v) is 9.10.